The largest absolute Gasteiger partial charge is 0.338 e. The van der Waals surface area contributed by atoms with Crippen LogP contribution in [0.1, 0.15) is 59.0 Å². The fourth-order valence-electron chi connectivity index (χ4n) is 4.67. The third-order valence-electron chi connectivity index (χ3n) is 6.44. The molecule has 30 heavy (non-hydrogen) atoms. The summed E-state index contributed by atoms with van der Waals surface area (Å²) in [5.41, 5.74) is 1.99. The number of nitrogens with zero attached hydrogens (tertiary/aromatic N) is 4. The van der Waals surface area contributed by atoms with Gasteiger partial charge in [0, 0.05) is 43.6 Å². The van der Waals surface area contributed by atoms with Gasteiger partial charge in [0.05, 0.1) is 0 Å². The van der Waals surface area contributed by atoms with Crippen LogP contribution >= 0.6 is 0 Å². The summed E-state index contributed by atoms with van der Waals surface area (Å²) in [4.78, 5) is 37.0. The summed E-state index contributed by atoms with van der Waals surface area (Å²) in [6.07, 6.45) is 7.61. The first kappa shape index (κ1) is 20.7. The molecular formula is C23H31N5O2. The molecular weight excluding hydrogens is 378 g/mol. The molecule has 0 aliphatic carbocycles. The van der Waals surface area contributed by atoms with Crippen LogP contribution in [-0.4, -0.2) is 51.5 Å². The molecule has 4 heterocycles. The van der Waals surface area contributed by atoms with Crippen molar-refractivity contribution >= 4 is 5.91 Å². The molecule has 2 fully saturated rings. The predicted molar refractivity (Wildman–Crippen MR) is 116 cm³/mol. The van der Waals surface area contributed by atoms with Crippen molar-refractivity contribution in [2.45, 2.75) is 52.0 Å². The number of carbonyl (C=O) groups is 1. The van der Waals surface area contributed by atoms with Crippen molar-refractivity contribution in [3.05, 3.63) is 57.5 Å². The van der Waals surface area contributed by atoms with Gasteiger partial charge in [-0.2, -0.15) is 0 Å². The normalized spacial score (nSPS) is 20.3. The molecule has 2 saturated heterocycles. The average Bonchev–Trinajstić information content (AvgIpc) is 2.76. The Kier molecular flexibility index (Phi) is 6.27. The molecule has 2 aliphatic rings. The van der Waals surface area contributed by atoms with E-state index in [1.165, 1.54) is 0 Å². The lowest BCUT2D eigenvalue weighted by atomic mass is 9.92. The van der Waals surface area contributed by atoms with Crippen LogP contribution in [0.2, 0.25) is 0 Å². The second-order valence-corrected chi connectivity index (χ2v) is 8.64. The van der Waals surface area contributed by atoms with Crippen LogP contribution in [-0.2, 0) is 6.54 Å². The predicted octanol–water partition coefficient (Wildman–Crippen LogP) is 2.27. The van der Waals surface area contributed by atoms with E-state index in [2.05, 4.69) is 15.3 Å². The van der Waals surface area contributed by atoms with Gasteiger partial charge >= 0.3 is 0 Å². The number of pyridine rings is 1. The van der Waals surface area contributed by atoms with E-state index >= 15 is 0 Å². The van der Waals surface area contributed by atoms with E-state index in [0.717, 1.165) is 55.9 Å². The minimum absolute atomic E-state index is 0.133. The molecule has 1 amide bonds. The molecule has 7 heteroatoms. The maximum Gasteiger partial charge on any atom is 0.263 e. The van der Waals surface area contributed by atoms with E-state index in [9.17, 15) is 9.59 Å². The maximum atomic E-state index is 13.3. The van der Waals surface area contributed by atoms with Gasteiger partial charge < -0.3 is 14.8 Å². The molecule has 0 radical (unpaired) electrons. The van der Waals surface area contributed by atoms with Crippen molar-refractivity contribution in [2.75, 3.05) is 26.2 Å². The quantitative estimate of drug-likeness (QED) is 0.838. The van der Waals surface area contributed by atoms with Crippen molar-refractivity contribution < 1.29 is 4.79 Å². The molecule has 1 atom stereocenters. The molecule has 0 bridgehead atoms. The molecule has 0 saturated carbocycles. The molecule has 2 aromatic rings. The van der Waals surface area contributed by atoms with Gasteiger partial charge in [0.15, 0.2) is 0 Å². The lowest BCUT2D eigenvalue weighted by Gasteiger charge is -2.32. The first-order chi connectivity index (χ1) is 14.5. The Morgan fingerprint density at radius 2 is 2.00 bits per heavy atom. The summed E-state index contributed by atoms with van der Waals surface area (Å²) < 4.78 is 1.73. The van der Waals surface area contributed by atoms with E-state index in [-0.39, 0.29) is 11.5 Å². The molecule has 160 valence electrons. The standard InChI is InChI=1S/C23H31N5O2/c1-16-6-11-28(15-18-4-3-9-24-14-18)23(30)21(16)22(29)27-12-7-19(8-13-27)20-5-10-25-17(2)26-20/h5-6,10-11,18-19,24H,3-4,7-9,12-15H2,1-2H3. The van der Waals surface area contributed by atoms with Crippen LogP contribution in [0.4, 0.5) is 0 Å². The van der Waals surface area contributed by atoms with Crippen molar-refractivity contribution in [3.8, 4) is 0 Å². The van der Waals surface area contributed by atoms with E-state index in [1.54, 1.807) is 10.8 Å². The number of hydrogen-bond donors (Lipinski definition) is 1. The molecule has 2 aromatic heterocycles. The molecule has 2 aliphatic heterocycles. The molecule has 0 spiro atoms. The van der Waals surface area contributed by atoms with E-state index < -0.39 is 0 Å². The van der Waals surface area contributed by atoms with Gasteiger partial charge in [-0.05, 0) is 76.2 Å². The first-order valence-electron chi connectivity index (χ1n) is 11.0. The van der Waals surface area contributed by atoms with Gasteiger partial charge in [-0.1, -0.05) is 0 Å². The van der Waals surface area contributed by atoms with Crippen LogP contribution in [0.3, 0.4) is 0 Å². The molecule has 4 rings (SSSR count). The number of rotatable bonds is 4. The van der Waals surface area contributed by atoms with Crippen molar-refractivity contribution in [1.29, 1.82) is 0 Å². The van der Waals surface area contributed by atoms with E-state index in [1.807, 2.05) is 37.1 Å². The summed E-state index contributed by atoms with van der Waals surface area (Å²) in [7, 11) is 0. The van der Waals surface area contributed by atoms with Crippen LogP contribution in [0, 0.1) is 19.8 Å². The lowest BCUT2D eigenvalue weighted by molar-refractivity contribution is 0.0708. The van der Waals surface area contributed by atoms with Crippen LogP contribution in [0.25, 0.3) is 0 Å². The van der Waals surface area contributed by atoms with E-state index in [4.69, 9.17) is 0 Å². The number of likely N-dealkylation sites (tertiary alicyclic amines) is 1. The van der Waals surface area contributed by atoms with Crippen LogP contribution < -0.4 is 10.9 Å². The van der Waals surface area contributed by atoms with Gasteiger partial charge in [-0.15, -0.1) is 0 Å². The molecule has 1 N–H and O–H groups in total. The highest BCUT2D eigenvalue weighted by molar-refractivity contribution is 5.95. The second kappa shape index (κ2) is 9.08. The summed E-state index contributed by atoms with van der Waals surface area (Å²) >= 11 is 0. The number of nitrogens with one attached hydrogen (secondary N) is 1. The van der Waals surface area contributed by atoms with Gasteiger partial charge in [0.1, 0.15) is 11.4 Å². The fraction of sp³-hybridized carbons (Fsp3) is 0.565. The highest BCUT2D eigenvalue weighted by atomic mass is 16.2. The molecule has 7 nitrogen and oxygen atoms in total. The van der Waals surface area contributed by atoms with Gasteiger partial charge in [0.2, 0.25) is 0 Å². The topological polar surface area (TPSA) is 80.1 Å². The summed E-state index contributed by atoms with van der Waals surface area (Å²) in [5.74, 6) is 1.42. The Morgan fingerprint density at radius 3 is 2.70 bits per heavy atom. The highest BCUT2D eigenvalue weighted by Gasteiger charge is 2.28. The number of hydrogen-bond acceptors (Lipinski definition) is 5. The Morgan fingerprint density at radius 1 is 1.20 bits per heavy atom. The zero-order chi connectivity index (χ0) is 21.1. The fourth-order valence-corrected chi connectivity index (χ4v) is 4.67. The Labute approximate surface area is 177 Å². The maximum absolute atomic E-state index is 13.3. The van der Waals surface area contributed by atoms with Crippen molar-refractivity contribution in [1.82, 2.24) is 24.8 Å². The highest BCUT2D eigenvalue weighted by Crippen LogP contribution is 2.27. The number of aromatic nitrogens is 3. The Hall–Kier alpha value is -2.54. The molecule has 1 unspecified atom stereocenters. The Bertz CT molecular complexity index is 956. The van der Waals surface area contributed by atoms with Crippen LogP contribution in [0.15, 0.2) is 29.3 Å². The molecule has 0 aromatic carbocycles. The zero-order valence-electron chi connectivity index (χ0n) is 17.9. The first-order valence-corrected chi connectivity index (χ1v) is 11.0. The zero-order valence-corrected chi connectivity index (χ0v) is 17.9. The minimum Gasteiger partial charge on any atom is -0.338 e. The number of aryl methyl sites for hydroxylation is 2. The second-order valence-electron chi connectivity index (χ2n) is 8.64. The monoisotopic (exact) mass is 409 g/mol. The summed E-state index contributed by atoms with van der Waals surface area (Å²) in [6.45, 7) is 7.70. The van der Waals surface area contributed by atoms with Gasteiger partial charge in [0.25, 0.3) is 11.5 Å². The van der Waals surface area contributed by atoms with Crippen LogP contribution in [0.5, 0.6) is 0 Å². The number of piperidine rings is 2. The minimum atomic E-state index is -0.154. The summed E-state index contributed by atoms with van der Waals surface area (Å²) in [6, 6.07) is 3.87. The SMILES string of the molecule is Cc1nccc(C2CCN(C(=O)c3c(C)ccn(CC4CCCNC4)c3=O)CC2)n1. The van der Waals surface area contributed by atoms with Crippen molar-refractivity contribution in [2.24, 2.45) is 5.92 Å². The third kappa shape index (κ3) is 4.46. The van der Waals surface area contributed by atoms with Gasteiger partial charge in [-0.3, -0.25) is 9.59 Å². The number of amides is 1. The number of carbonyl (C=O) groups excluding carboxylic acids is 1. The van der Waals surface area contributed by atoms with E-state index in [0.29, 0.717) is 37.0 Å². The lowest BCUT2D eigenvalue weighted by Crippen LogP contribution is -2.42. The smallest absolute Gasteiger partial charge is 0.263 e. The Balaban J connectivity index is 1.46. The average molecular weight is 410 g/mol. The van der Waals surface area contributed by atoms with Crippen molar-refractivity contribution in [3.63, 3.8) is 0 Å². The third-order valence-corrected chi connectivity index (χ3v) is 6.44. The van der Waals surface area contributed by atoms with Gasteiger partial charge in [-0.25, -0.2) is 9.97 Å². The summed E-state index contributed by atoms with van der Waals surface area (Å²) in [5, 5.41) is 3.40.